The van der Waals surface area contributed by atoms with Crippen molar-refractivity contribution in [2.24, 2.45) is 0 Å². The van der Waals surface area contributed by atoms with Crippen LogP contribution in [0.25, 0.3) is 6.08 Å². The number of amides is 1. The van der Waals surface area contributed by atoms with Crippen LogP contribution in [0.3, 0.4) is 0 Å². The predicted octanol–water partition coefficient (Wildman–Crippen LogP) is 4.71. The van der Waals surface area contributed by atoms with Gasteiger partial charge in [0.05, 0.1) is 6.04 Å². The lowest BCUT2D eigenvalue weighted by Gasteiger charge is -2.20. The molecule has 1 heterocycles. The second kappa shape index (κ2) is 8.34. The zero-order valence-corrected chi connectivity index (χ0v) is 14.3. The van der Waals surface area contributed by atoms with E-state index in [9.17, 15) is 4.79 Å². The number of ether oxygens (including phenoxy) is 1. The van der Waals surface area contributed by atoms with Crippen LogP contribution in [-0.2, 0) is 11.2 Å². The minimum atomic E-state index is -0.263. The van der Waals surface area contributed by atoms with Gasteiger partial charge in [-0.3, -0.25) is 4.90 Å². The van der Waals surface area contributed by atoms with E-state index in [4.69, 9.17) is 4.74 Å². The van der Waals surface area contributed by atoms with Crippen LogP contribution < -0.4 is 0 Å². The first kappa shape index (κ1) is 17.0. The molecule has 0 radical (unpaired) electrons. The van der Waals surface area contributed by atoms with Crippen molar-refractivity contribution >= 4 is 12.2 Å². The molecule has 1 aliphatic heterocycles. The summed E-state index contributed by atoms with van der Waals surface area (Å²) >= 11 is 0. The molecule has 3 heteroatoms. The summed E-state index contributed by atoms with van der Waals surface area (Å²) in [6, 6.07) is 20.3. The molecule has 2 atom stereocenters. The summed E-state index contributed by atoms with van der Waals surface area (Å²) in [6.45, 7) is 4.25. The minimum Gasteiger partial charge on any atom is -0.444 e. The largest absolute Gasteiger partial charge is 0.444 e. The Balaban J connectivity index is 1.74. The van der Waals surface area contributed by atoms with Gasteiger partial charge in [-0.1, -0.05) is 78.9 Å². The molecule has 1 amide bonds. The van der Waals surface area contributed by atoms with Gasteiger partial charge >= 0.3 is 6.09 Å². The number of nitrogens with zero attached hydrogens (tertiary/aromatic N) is 1. The Morgan fingerprint density at radius 1 is 1.04 bits per heavy atom. The van der Waals surface area contributed by atoms with E-state index in [1.807, 2.05) is 48.5 Å². The third-order valence-electron chi connectivity index (χ3n) is 4.40. The van der Waals surface area contributed by atoms with Crippen LogP contribution in [0.15, 0.2) is 79.4 Å². The van der Waals surface area contributed by atoms with Crippen molar-refractivity contribution in [2.45, 2.75) is 25.0 Å². The lowest BCUT2D eigenvalue weighted by Crippen LogP contribution is -2.35. The van der Waals surface area contributed by atoms with Crippen molar-refractivity contribution in [3.63, 3.8) is 0 Å². The van der Waals surface area contributed by atoms with Crippen LogP contribution in [0.4, 0.5) is 4.79 Å². The highest BCUT2D eigenvalue weighted by atomic mass is 16.6. The molecule has 0 aliphatic carbocycles. The third-order valence-corrected chi connectivity index (χ3v) is 4.40. The van der Waals surface area contributed by atoms with Crippen LogP contribution in [0.2, 0.25) is 0 Å². The van der Waals surface area contributed by atoms with E-state index in [1.54, 1.807) is 11.0 Å². The van der Waals surface area contributed by atoms with E-state index in [0.29, 0.717) is 6.54 Å². The summed E-state index contributed by atoms with van der Waals surface area (Å²) < 4.78 is 5.64. The van der Waals surface area contributed by atoms with E-state index in [2.05, 4.69) is 30.9 Å². The van der Waals surface area contributed by atoms with Crippen LogP contribution in [-0.4, -0.2) is 29.7 Å². The van der Waals surface area contributed by atoms with E-state index in [0.717, 1.165) is 18.4 Å². The standard InChI is InChI=1S/C22H23NO2/c1-2-17-23-20(15-13-18-9-5-3-6-10-18)21(25-22(23)24)16-14-19-11-7-4-8-12-19/h2-13,15,20-21H,1,14,16-17H2/b15-13+/t20-,21+/m0/s1. The minimum absolute atomic E-state index is 0.0746. The molecular weight excluding hydrogens is 310 g/mol. The highest BCUT2D eigenvalue weighted by Gasteiger charge is 2.39. The van der Waals surface area contributed by atoms with E-state index in [1.165, 1.54) is 5.56 Å². The SMILES string of the molecule is C=CCN1C(=O)O[C@H](CCc2ccccc2)[C@@H]1/C=C/c1ccccc1. The number of carbonyl (C=O) groups is 1. The monoisotopic (exact) mass is 333 g/mol. The molecule has 0 unspecified atom stereocenters. The molecule has 0 aromatic heterocycles. The maximum absolute atomic E-state index is 12.2. The summed E-state index contributed by atoms with van der Waals surface area (Å²) in [5.74, 6) is 0. The van der Waals surface area contributed by atoms with Gasteiger partial charge in [0, 0.05) is 6.54 Å². The van der Waals surface area contributed by atoms with E-state index in [-0.39, 0.29) is 18.2 Å². The number of aryl methyl sites for hydroxylation is 1. The Morgan fingerprint density at radius 3 is 2.40 bits per heavy atom. The zero-order chi connectivity index (χ0) is 17.5. The molecule has 0 spiro atoms. The summed E-state index contributed by atoms with van der Waals surface area (Å²) in [5, 5.41) is 0. The van der Waals surface area contributed by atoms with E-state index >= 15 is 0 Å². The van der Waals surface area contributed by atoms with Gasteiger partial charge in [-0.25, -0.2) is 4.79 Å². The first-order valence-electron chi connectivity index (χ1n) is 8.63. The van der Waals surface area contributed by atoms with Crippen molar-refractivity contribution in [2.75, 3.05) is 6.54 Å². The second-order valence-corrected chi connectivity index (χ2v) is 6.15. The number of carbonyl (C=O) groups excluding carboxylic acids is 1. The van der Waals surface area contributed by atoms with Crippen molar-refractivity contribution in [3.05, 3.63) is 90.5 Å². The first-order valence-corrected chi connectivity index (χ1v) is 8.63. The summed E-state index contributed by atoms with van der Waals surface area (Å²) in [5.41, 5.74) is 2.37. The summed E-state index contributed by atoms with van der Waals surface area (Å²) in [6.07, 6.45) is 7.14. The quantitative estimate of drug-likeness (QED) is 0.687. The van der Waals surface area contributed by atoms with Crippen LogP contribution in [0.1, 0.15) is 17.5 Å². The molecular formula is C22H23NO2. The van der Waals surface area contributed by atoms with Crippen LogP contribution in [0, 0.1) is 0 Å². The fraction of sp³-hybridized carbons (Fsp3) is 0.227. The van der Waals surface area contributed by atoms with Gasteiger partial charge in [-0.05, 0) is 24.0 Å². The maximum atomic E-state index is 12.2. The Kier molecular flexibility index (Phi) is 5.68. The van der Waals surface area contributed by atoms with Gasteiger partial charge in [-0.15, -0.1) is 6.58 Å². The molecule has 25 heavy (non-hydrogen) atoms. The lowest BCUT2D eigenvalue weighted by atomic mass is 10.0. The Bertz CT molecular complexity index is 724. The van der Waals surface area contributed by atoms with Gasteiger partial charge < -0.3 is 4.74 Å². The molecule has 0 N–H and O–H groups in total. The molecule has 3 rings (SSSR count). The molecule has 0 saturated carbocycles. The van der Waals surface area contributed by atoms with Crippen LogP contribution in [0.5, 0.6) is 0 Å². The number of benzene rings is 2. The van der Waals surface area contributed by atoms with Crippen molar-refractivity contribution in [1.29, 1.82) is 0 Å². The fourth-order valence-corrected chi connectivity index (χ4v) is 3.11. The zero-order valence-electron chi connectivity index (χ0n) is 14.3. The molecule has 2 aromatic rings. The average molecular weight is 333 g/mol. The topological polar surface area (TPSA) is 29.5 Å². The number of rotatable bonds is 7. The third kappa shape index (κ3) is 4.38. The maximum Gasteiger partial charge on any atom is 0.411 e. The fourth-order valence-electron chi connectivity index (χ4n) is 3.11. The van der Waals surface area contributed by atoms with Crippen molar-refractivity contribution in [3.8, 4) is 0 Å². The number of hydrogen-bond acceptors (Lipinski definition) is 2. The number of cyclic esters (lactones) is 1. The van der Waals surface area contributed by atoms with Crippen LogP contribution >= 0.6 is 0 Å². The van der Waals surface area contributed by atoms with E-state index < -0.39 is 0 Å². The van der Waals surface area contributed by atoms with Crippen molar-refractivity contribution in [1.82, 2.24) is 4.90 Å². The number of hydrogen-bond donors (Lipinski definition) is 0. The second-order valence-electron chi connectivity index (χ2n) is 6.15. The van der Waals surface area contributed by atoms with Gasteiger partial charge in [0.2, 0.25) is 0 Å². The van der Waals surface area contributed by atoms with Gasteiger partial charge in [-0.2, -0.15) is 0 Å². The molecule has 3 nitrogen and oxygen atoms in total. The lowest BCUT2D eigenvalue weighted by molar-refractivity contribution is 0.127. The smallest absolute Gasteiger partial charge is 0.411 e. The molecule has 1 saturated heterocycles. The summed E-state index contributed by atoms with van der Waals surface area (Å²) in [4.78, 5) is 14.0. The Hall–Kier alpha value is -2.81. The van der Waals surface area contributed by atoms with Gasteiger partial charge in [0.15, 0.2) is 0 Å². The molecule has 2 aromatic carbocycles. The first-order chi connectivity index (χ1) is 12.3. The molecule has 1 aliphatic rings. The van der Waals surface area contributed by atoms with Gasteiger partial charge in [0.25, 0.3) is 0 Å². The summed E-state index contributed by atoms with van der Waals surface area (Å²) in [7, 11) is 0. The van der Waals surface area contributed by atoms with Gasteiger partial charge in [0.1, 0.15) is 6.10 Å². The Morgan fingerprint density at radius 2 is 1.72 bits per heavy atom. The highest BCUT2D eigenvalue weighted by Crippen LogP contribution is 2.25. The van der Waals surface area contributed by atoms with Crippen molar-refractivity contribution < 1.29 is 9.53 Å². The normalized spacial score (nSPS) is 20.0. The molecule has 0 bridgehead atoms. The highest BCUT2D eigenvalue weighted by molar-refractivity contribution is 5.72. The Labute approximate surface area is 149 Å². The average Bonchev–Trinajstić information content (AvgIpc) is 2.95. The predicted molar refractivity (Wildman–Crippen MR) is 101 cm³/mol. The molecule has 128 valence electrons. The molecule has 1 fully saturated rings.